The third kappa shape index (κ3) is 4.80. The van der Waals surface area contributed by atoms with Gasteiger partial charge in [0, 0.05) is 22.6 Å². The minimum atomic E-state index is -4.67. The van der Waals surface area contributed by atoms with Gasteiger partial charge in [-0.2, -0.15) is 13.2 Å². The minimum Gasteiger partial charge on any atom is -0.486 e. The number of aromatic nitrogens is 7. The van der Waals surface area contributed by atoms with Crippen LogP contribution in [0.15, 0.2) is 71.6 Å². The molecule has 3 unspecified atom stereocenters. The van der Waals surface area contributed by atoms with Crippen LogP contribution >= 0.6 is 11.6 Å². The molecule has 1 aliphatic carbocycles. The molecule has 2 N–H and O–H groups in total. The van der Waals surface area contributed by atoms with E-state index in [0.29, 0.717) is 45.0 Å². The zero-order chi connectivity index (χ0) is 30.9. The first-order chi connectivity index (χ1) is 21.0. The Hall–Kier alpha value is -4.98. The largest absolute Gasteiger partial charge is 0.486 e. The summed E-state index contributed by atoms with van der Waals surface area (Å²) in [6, 6.07) is 5.49. The monoisotopic (exact) mass is 622 g/mol. The number of alkyl halides is 3. The summed E-state index contributed by atoms with van der Waals surface area (Å²) in [6.45, 7) is 5.81. The van der Waals surface area contributed by atoms with Crippen molar-refractivity contribution in [2.24, 2.45) is 5.92 Å². The van der Waals surface area contributed by atoms with Crippen LogP contribution < -0.4 is 10.9 Å². The average Bonchev–Trinajstić information content (AvgIpc) is 3.31. The highest BCUT2D eigenvalue weighted by Crippen LogP contribution is 2.59. The van der Waals surface area contributed by atoms with Crippen molar-refractivity contribution in [2.75, 3.05) is 6.61 Å². The SMILES string of the molecule is C=C(/C=C\C1=C(C)OCC(=O)N1)c1cnc(C2C3CC3c3nc(-c4cc(Cl)ccc4-n4cc(C(F)(F)F)nn4)cc(=O)n32)[nH]1. The van der Waals surface area contributed by atoms with E-state index in [-0.39, 0.29) is 47.3 Å². The van der Waals surface area contributed by atoms with Crippen LogP contribution in [0.4, 0.5) is 13.2 Å². The summed E-state index contributed by atoms with van der Waals surface area (Å²) in [4.78, 5) is 37.9. The molecule has 11 nitrogen and oxygen atoms in total. The van der Waals surface area contributed by atoms with Gasteiger partial charge in [0.25, 0.3) is 11.5 Å². The number of aromatic amines is 1. The predicted octanol–water partition coefficient (Wildman–Crippen LogP) is 4.54. The van der Waals surface area contributed by atoms with Crippen LogP contribution in [0.3, 0.4) is 0 Å². The Kier molecular flexibility index (Phi) is 6.35. The smallest absolute Gasteiger partial charge is 0.436 e. The van der Waals surface area contributed by atoms with Crippen LogP contribution in [0, 0.1) is 5.92 Å². The molecule has 3 aromatic heterocycles. The number of amides is 1. The quantitative estimate of drug-likeness (QED) is 0.302. The molecule has 15 heteroatoms. The van der Waals surface area contributed by atoms with Gasteiger partial charge in [-0.05, 0) is 49.1 Å². The van der Waals surface area contributed by atoms with Gasteiger partial charge in [0.05, 0.1) is 41.2 Å². The summed E-state index contributed by atoms with van der Waals surface area (Å²) in [7, 11) is 0. The van der Waals surface area contributed by atoms with Gasteiger partial charge in [0.2, 0.25) is 0 Å². The lowest BCUT2D eigenvalue weighted by Crippen LogP contribution is -2.31. The van der Waals surface area contributed by atoms with Crippen molar-refractivity contribution in [2.45, 2.75) is 31.5 Å². The number of hydrogen-bond acceptors (Lipinski definition) is 7. The molecule has 0 bridgehead atoms. The Bertz CT molecular complexity index is 1990. The maximum atomic E-state index is 13.6. The lowest BCUT2D eigenvalue weighted by Gasteiger charge is -2.17. The normalized spacial score (nSPS) is 20.8. The number of fused-ring (bicyclic) bond motifs is 3. The highest BCUT2D eigenvalue weighted by Gasteiger charge is 2.55. The predicted molar refractivity (Wildman–Crippen MR) is 151 cm³/mol. The number of hydrogen-bond donors (Lipinski definition) is 2. The maximum Gasteiger partial charge on any atom is 0.436 e. The van der Waals surface area contributed by atoms with Crippen LogP contribution in [-0.2, 0) is 15.7 Å². The molecular weight excluding hydrogens is 601 g/mol. The molecule has 0 saturated heterocycles. The second-order valence-corrected chi connectivity index (χ2v) is 11.2. The van der Waals surface area contributed by atoms with E-state index in [1.807, 2.05) is 0 Å². The number of nitrogens with one attached hydrogen (secondary N) is 2. The second kappa shape index (κ2) is 10.0. The van der Waals surface area contributed by atoms with Gasteiger partial charge < -0.3 is 15.0 Å². The van der Waals surface area contributed by atoms with Gasteiger partial charge in [-0.25, -0.2) is 14.6 Å². The summed E-state index contributed by atoms with van der Waals surface area (Å²) < 4.78 is 47.5. The summed E-state index contributed by atoms with van der Waals surface area (Å²) in [5.74, 6) is 1.60. The fourth-order valence-corrected chi connectivity index (χ4v) is 5.77. The average molecular weight is 623 g/mol. The highest BCUT2D eigenvalue weighted by atomic mass is 35.5. The second-order valence-electron chi connectivity index (χ2n) is 10.7. The van der Waals surface area contributed by atoms with E-state index < -0.39 is 11.9 Å². The number of nitrogens with zero attached hydrogens (tertiary/aromatic N) is 6. The lowest BCUT2D eigenvalue weighted by molar-refractivity contribution is -0.141. The molecular formula is C29H22ClF3N8O3. The van der Waals surface area contributed by atoms with Crippen molar-refractivity contribution >= 4 is 23.1 Å². The molecule has 1 saturated carbocycles. The molecule has 224 valence electrons. The van der Waals surface area contributed by atoms with Crippen molar-refractivity contribution in [3.05, 3.63) is 105 Å². The van der Waals surface area contributed by atoms with E-state index in [1.54, 1.807) is 29.8 Å². The number of carbonyl (C=O) groups is 1. The fourth-order valence-electron chi connectivity index (χ4n) is 5.60. The number of rotatable bonds is 6. The number of halogens is 4. The third-order valence-electron chi connectivity index (χ3n) is 7.85. The van der Waals surface area contributed by atoms with E-state index in [9.17, 15) is 22.8 Å². The minimum absolute atomic E-state index is 0.0139. The first kappa shape index (κ1) is 27.8. The molecule has 1 amide bonds. The van der Waals surface area contributed by atoms with Gasteiger partial charge >= 0.3 is 6.18 Å². The Morgan fingerprint density at radius 1 is 1.25 bits per heavy atom. The molecule has 2 aliphatic heterocycles. The van der Waals surface area contributed by atoms with Gasteiger partial charge in [0.1, 0.15) is 17.4 Å². The van der Waals surface area contributed by atoms with Crippen molar-refractivity contribution < 1.29 is 22.7 Å². The van der Waals surface area contributed by atoms with Crippen molar-refractivity contribution in [1.29, 1.82) is 0 Å². The highest BCUT2D eigenvalue weighted by molar-refractivity contribution is 6.31. The molecule has 44 heavy (non-hydrogen) atoms. The molecule has 3 aliphatic rings. The van der Waals surface area contributed by atoms with Crippen LogP contribution in [0.25, 0.3) is 22.5 Å². The maximum absolute atomic E-state index is 13.6. The van der Waals surface area contributed by atoms with Crippen molar-refractivity contribution in [3.63, 3.8) is 0 Å². The molecule has 0 radical (unpaired) electrons. The Labute approximate surface area is 251 Å². The van der Waals surface area contributed by atoms with E-state index in [2.05, 4.69) is 32.2 Å². The molecule has 0 spiro atoms. The Balaban J connectivity index is 1.20. The summed E-state index contributed by atoms with van der Waals surface area (Å²) in [6.07, 6.45) is 1.95. The molecule has 1 fully saturated rings. The van der Waals surface area contributed by atoms with Crippen LogP contribution in [-0.4, -0.2) is 47.0 Å². The summed E-state index contributed by atoms with van der Waals surface area (Å²) >= 11 is 6.25. The van der Waals surface area contributed by atoms with E-state index in [0.717, 1.165) is 17.3 Å². The van der Waals surface area contributed by atoms with E-state index in [4.69, 9.17) is 21.3 Å². The molecule has 5 heterocycles. The number of benzene rings is 1. The van der Waals surface area contributed by atoms with E-state index >= 15 is 0 Å². The number of imidazole rings is 1. The van der Waals surface area contributed by atoms with Gasteiger partial charge in [-0.3, -0.25) is 14.2 Å². The topological polar surface area (TPSA) is 133 Å². The fraction of sp³-hybridized carbons (Fsp3) is 0.241. The third-order valence-corrected chi connectivity index (χ3v) is 8.08. The standard InChI is InChI=1S/C29H22ClF3N8O3/c1-13(3-5-19-14(2)44-12-24(42)35-19)21-10-34-27(36-21)26-16-8-17(16)28-37-20(9-25(43)41(26)28)18-7-15(30)4-6-22(18)40-11-23(38-39-40)29(31,32)33/h3-7,9-11,16-17,26H,1,8,12H2,2H3,(H,34,36)(H,35,42)/b5-3-. The van der Waals surface area contributed by atoms with Gasteiger partial charge in [0.15, 0.2) is 12.3 Å². The lowest BCUT2D eigenvalue weighted by atomic mass is 10.1. The van der Waals surface area contributed by atoms with Crippen LogP contribution in [0.2, 0.25) is 5.02 Å². The number of ether oxygens (including phenoxy) is 1. The molecule has 3 atom stereocenters. The van der Waals surface area contributed by atoms with Gasteiger partial charge in [-0.15, -0.1) is 5.10 Å². The van der Waals surface area contributed by atoms with Gasteiger partial charge in [-0.1, -0.05) is 29.5 Å². The van der Waals surface area contributed by atoms with Crippen molar-refractivity contribution in [1.82, 2.24) is 39.8 Å². The van der Waals surface area contributed by atoms with Crippen molar-refractivity contribution in [3.8, 4) is 16.9 Å². The molecule has 7 rings (SSSR count). The summed E-state index contributed by atoms with van der Waals surface area (Å²) in [5, 5.41) is 9.94. The zero-order valence-corrected chi connectivity index (χ0v) is 23.6. The first-order valence-electron chi connectivity index (χ1n) is 13.5. The molecule has 4 aromatic rings. The number of carbonyl (C=O) groups excluding carboxylic acids is 1. The zero-order valence-electron chi connectivity index (χ0n) is 22.9. The van der Waals surface area contributed by atoms with E-state index in [1.165, 1.54) is 24.3 Å². The molecule has 1 aromatic carbocycles. The first-order valence-corrected chi connectivity index (χ1v) is 13.8. The number of H-pyrrole nitrogens is 1. The summed E-state index contributed by atoms with van der Waals surface area (Å²) in [5.41, 5.74) is 1.12. The van der Waals surface area contributed by atoms with Crippen LogP contribution in [0.5, 0.6) is 0 Å². The Morgan fingerprint density at radius 3 is 2.84 bits per heavy atom. The number of allylic oxidation sites excluding steroid dienone is 4. The van der Waals surface area contributed by atoms with Crippen LogP contribution in [0.1, 0.15) is 48.3 Å². The Morgan fingerprint density at radius 2 is 2.07 bits per heavy atom.